The van der Waals surface area contributed by atoms with E-state index >= 15 is 0 Å². The number of nitrogens with zero attached hydrogens (tertiary/aromatic N) is 1. The van der Waals surface area contributed by atoms with Crippen LogP contribution in [0, 0.1) is 11.6 Å². The Morgan fingerprint density at radius 3 is 2.79 bits per heavy atom. The van der Waals surface area contributed by atoms with Gasteiger partial charge in [-0.1, -0.05) is 0 Å². The van der Waals surface area contributed by atoms with Crippen molar-refractivity contribution in [2.75, 3.05) is 0 Å². The lowest BCUT2D eigenvalue weighted by atomic mass is 10.2. The van der Waals surface area contributed by atoms with E-state index in [9.17, 15) is 18.7 Å². The SMILES string of the molecule is O=C=NCc1c(O)c(Br)cc(F)c1F. The van der Waals surface area contributed by atoms with Crippen LogP contribution in [0.15, 0.2) is 15.5 Å². The molecule has 0 bridgehead atoms. The fraction of sp³-hybridized carbons (Fsp3) is 0.125. The quantitative estimate of drug-likeness (QED) is 0.506. The van der Waals surface area contributed by atoms with Gasteiger partial charge >= 0.3 is 0 Å². The standard InChI is InChI=1S/C8H4BrF2NO2/c9-5-1-6(10)7(11)4(8(5)14)2-12-3-13/h1,14H,2H2. The summed E-state index contributed by atoms with van der Waals surface area (Å²) in [6.45, 7) is -0.447. The Bertz CT molecular complexity index is 390. The summed E-state index contributed by atoms with van der Waals surface area (Å²) in [5.74, 6) is -2.81. The van der Waals surface area contributed by atoms with Crippen molar-refractivity contribution in [2.45, 2.75) is 6.54 Å². The first-order chi connectivity index (χ1) is 6.57. The number of benzene rings is 1. The van der Waals surface area contributed by atoms with E-state index in [0.717, 1.165) is 6.07 Å². The number of aliphatic imine (C=N–C) groups is 1. The van der Waals surface area contributed by atoms with Gasteiger partial charge in [-0.3, -0.25) is 0 Å². The molecule has 0 aliphatic heterocycles. The van der Waals surface area contributed by atoms with Gasteiger partial charge in [0.25, 0.3) is 0 Å². The van der Waals surface area contributed by atoms with Gasteiger partial charge in [0.05, 0.1) is 16.6 Å². The molecule has 0 saturated carbocycles. The fourth-order valence-electron chi connectivity index (χ4n) is 0.891. The molecule has 14 heavy (non-hydrogen) atoms. The van der Waals surface area contributed by atoms with Gasteiger partial charge < -0.3 is 5.11 Å². The van der Waals surface area contributed by atoms with Gasteiger partial charge in [-0.15, -0.1) is 0 Å². The highest BCUT2D eigenvalue weighted by atomic mass is 79.9. The molecule has 0 aliphatic rings. The molecule has 0 saturated heterocycles. The molecule has 74 valence electrons. The van der Waals surface area contributed by atoms with Gasteiger partial charge in [0.2, 0.25) is 6.08 Å². The minimum Gasteiger partial charge on any atom is -0.506 e. The van der Waals surface area contributed by atoms with Crippen LogP contribution in [0.25, 0.3) is 0 Å². The second kappa shape index (κ2) is 4.30. The molecule has 1 rings (SSSR count). The molecule has 0 radical (unpaired) electrons. The predicted octanol–water partition coefficient (Wildman–Crippen LogP) is 2.27. The van der Waals surface area contributed by atoms with E-state index in [1.165, 1.54) is 6.08 Å². The molecule has 0 atom stereocenters. The van der Waals surface area contributed by atoms with Crippen molar-refractivity contribution in [3.05, 3.63) is 27.7 Å². The molecule has 0 amide bonds. The van der Waals surface area contributed by atoms with Crippen LogP contribution in [0.1, 0.15) is 5.56 Å². The third kappa shape index (κ3) is 1.97. The van der Waals surface area contributed by atoms with E-state index in [-0.39, 0.29) is 10.0 Å². The predicted molar refractivity (Wildman–Crippen MR) is 47.5 cm³/mol. The second-order valence-electron chi connectivity index (χ2n) is 2.39. The zero-order chi connectivity index (χ0) is 10.7. The van der Waals surface area contributed by atoms with Crippen LogP contribution in [-0.4, -0.2) is 11.2 Å². The Balaban J connectivity index is 3.31. The molecule has 0 heterocycles. The van der Waals surface area contributed by atoms with Crippen LogP contribution in [0.3, 0.4) is 0 Å². The highest BCUT2D eigenvalue weighted by molar-refractivity contribution is 9.10. The third-order valence-electron chi connectivity index (χ3n) is 1.54. The topological polar surface area (TPSA) is 49.7 Å². The van der Waals surface area contributed by atoms with Gasteiger partial charge in [-0.25, -0.2) is 18.6 Å². The molecular formula is C8H4BrF2NO2. The summed E-state index contributed by atoms with van der Waals surface area (Å²) < 4.78 is 25.8. The second-order valence-corrected chi connectivity index (χ2v) is 3.24. The molecular weight excluding hydrogens is 260 g/mol. The van der Waals surface area contributed by atoms with Crippen LogP contribution < -0.4 is 0 Å². The first kappa shape index (κ1) is 10.8. The highest BCUT2D eigenvalue weighted by Crippen LogP contribution is 2.31. The summed E-state index contributed by atoms with van der Waals surface area (Å²) in [6.07, 6.45) is 1.17. The van der Waals surface area contributed by atoms with Crippen molar-refractivity contribution in [1.29, 1.82) is 0 Å². The molecule has 1 N–H and O–H groups in total. The lowest BCUT2D eigenvalue weighted by molar-refractivity contribution is 0.438. The first-order valence-electron chi connectivity index (χ1n) is 3.47. The monoisotopic (exact) mass is 263 g/mol. The normalized spacial score (nSPS) is 9.64. The van der Waals surface area contributed by atoms with Gasteiger partial charge in [-0.05, 0) is 22.0 Å². The zero-order valence-corrected chi connectivity index (χ0v) is 8.31. The van der Waals surface area contributed by atoms with Crippen molar-refractivity contribution in [3.8, 4) is 5.75 Å². The van der Waals surface area contributed by atoms with E-state index in [2.05, 4.69) is 20.9 Å². The largest absolute Gasteiger partial charge is 0.506 e. The molecule has 0 unspecified atom stereocenters. The molecule has 6 heteroatoms. The summed E-state index contributed by atoms with van der Waals surface area (Å²) in [6, 6.07) is 0.790. The van der Waals surface area contributed by atoms with Crippen LogP contribution in [-0.2, 0) is 11.3 Å². The lowest BCUT2D eigenvalue weighted by Crippen LogP contribution is -1.94. The summed E-state index contributed by atoms with van der Waals surface area (Å²) in [4.78, 5) is 12.8. The number of phenolic OH excluding ortho intramolecular Hbond substituents is 1. The number of rotatable bonds is 2. The lowest BCUT2D eigenvalue weighted by Gasteiger charge is -2.05. The maximum atomic E-state index is 13.0. The van der Waals surface area contributed by atoms with Crippen molar-refractivity contribution < 1.29 is 18.7 Å². The first-order valence-corrected chi connectivity index (χ1v) is 4.26. The van der Waals surface area contributed by atoms with Gasteiger partial charge in [0.1, 0.15) is 5.75 Å². The molecule has 3 nitrogen and oxygen atoms in total. The van der Waals surface area contributed by atoms with E-state index in [1.54, 1.807) is 0 Å². The molecule has 1 aromatic carbocycles. The van der Waals surface area contributed by atoms with Crippen LogP contribution in [0.5, 0.6) is 5.75 Å². The van der Waals surface area contributed by atoms with Crippen LogP contribution >= 0.6 is 15.9 Å². The number of isocyanates is 1. The number of carbonyl (C=O) groups excluding carboxylic acids is 1. The number of phenols is 1. The minimum absolute atomic E-state index is 0.00694. The number of hydrogen-bond acceptors (Lipinski definition) is 3. The van der Waals surface area contributed by atoms with Crippen molar-refractivity contribution in [3.63, 3.8) is 0 Å². The summed E-state index contributed by atoms with van der Waals surface area (Å²) >= 11 is 2.83. The van der Waals surface area contributed by atoms with Crippen LogP contribution in [0.4, 0.5) is 8.78 Å². The van der Waals surface area contributed by atoms with Gasteiger partial charge in [0, 0.05) is 0 Å². The smallest absolute Gasteiger partial charge is 0.235 e. The Kier molecular flexibility index (Phi) is 3.33. The minimum atomic E-state index is -1.22. The van der Waals surface area contributed by atoms with Crippen molar-refractivity contribution in [2.24, 2.45) is 4.99 Å². The fourth-order valence-corrected chi connectivity index (χ4v) is 1.33. The van der Waals surface area contributed by atoms with E-state index in [4.69, 9.17) is 0 Å². The summed E-state index contributed by atoms with van der Waals surface area (Å²) in [5, 5.41) is 9.29. The molecule has 0 fully saturated rings. The Labute approximate surface area is 86.2 Å². The Hall–Kier alpha value is -1.26. The third-order valence-corrected chi connectivity index (χ3v) is 2.15. The number of aromatic hydroxyl groups is 1. The number of hydrogen-bond donors (Lipinski definition) is 1. The van der Waals surface area contributed by atoms with E-state index < -0.39 is 23.9 Å². The molecule has 0 spiro atoms. The molecule has 1 aromatic rings. The Morgan fingerprint density at radius 1 is 1.57 bits per heavy atom. The highest BCUT2D eigenvalue weighted by Gasteiger charge is 2.16. The van der Waals surface area contributed by atoms with Gasteiger partial charge in [0.15, 0.2) is 11.6 Å². The zero-order valence-electron chi connectivity index (χ0n) is 6.72. The van der Waals surface area contributed by atoms with E-state index in [1.807, 2.05) is 0 Å². The van der Waals surface area contributed by atoms with Crippen molar-refractivity contribution in [1.82, 2.24) is 0 Å². The van der Waals surface area contributed by atoms with E-state index in [0.29, 0.717) is 0 Å². The summed E-state index contributed by atoms with van der Waals surface area (Å²) in [5.41, 5.74) is -0.375. The van der Waals surface area contributed by atoms with Gasteiger partial charge in [-0.2, -0.15) is 0 Å². The molecule has 0 aromatic heterocycles. The van der Waals surface area contributed by atoms with Crippen molar-refractivity contribution >= 4 is 22.0 Å². The summed E-state index contributed by atoms with van der Waals surface area (Å²) in [7, 11) is 0. The Morgan fingerprint density at radius 2 is 2.21 bits per heavy atom. The average Bonchev–Trinajstić information content (AvgIpc) is 2.15. The number of halogens is 3. The molecule has 0 aliphatic carbocycles. The average molecular weight is 264 g/mol. The van der Waals surface area contributed by atoms with Crippen LogP contribution in [0.2, 0.25) is 0 Å². The maximum absolute atomic E-state index is 13.0. The maximum Gasteiger partial charge on any atom is 0.235 e.